The topological polar surface area (TPSA) is 69.0 Å². The Hall–Kier alpha value is -1.73. The molecule has 8 heteroatoms. The van der Waals surface area contributed by atoms with Crippen LogP contribution in [-0.4, -0.2) is 33.0 Å². The van der Waals surface area contributed by atoms with Crippen molar-refractivity contribution in [3.8, 4) is 5.75 Å². The fraction of sp³-hybridized carbons (Fsp3) is 0.438. The second-order valence-electron chi connectivity index (χ2n) is 5.72. The highest BCUT2D eigenvalue weighted by atomic mass is 35.5. The third kappa shape index (κ3) is 3.67. The molecule has 0 saturated heterocycles. The lowest BCUT2D eigenvalue weighted by Crippen LogP contribution is -2.23. The van der Waals surface area contributed by atoms with E-state index in [4.69, 9.17) is 16.3 Å². The van der Waals surface area contributed by atoms with E-state index in [1.165, 1.54) is 11.8 Å². The molecule has 1 aromatic heterocycles. The first kappa shape index (κ1) is 17.1. The van der Waals surface area contributed by atoms with Gasteiger partial charge in [0.25, 0.3) is 0 Å². The number of hydrogen-bond donors (Lipinski definition) is 1. The lowest BCUT2D eigenvalue weighted by molar-refractivity contribution is -0.115. The molecule has 0 radical (unpaired) electrons. The molecule has 1 aliphatic carbocycles. The zero-order valence-electron chi connectivity index (χ0n) is 13.7. The Bertz CT molecular complexity index is 761. The number of ether oxygens (including phenoxy) is 1. The standard InChI is InChI=1S/C16H19ClN4O2S/c1-9(24-16-20-19-10(2)21(16)12-5-6-12)15(22)18-13-8-11(17)4-7-14(13)23-3/h4,7-9,12H,5-6H2,1-3H3,(H,18,22)/t9-/m0/s1. The molecule has 1 N–H and O–H groups in total. The van der Waals surface area contributed by atoms with Crippen LogP contribution < -0.4 is 10.1 Å². The van der Waals surface area contributed by atoms with Gasteiger partial charge in [-0.15, -0.1) is 10.2 Å². The average molecular weight is 367 g/mol. The molecule has 0 spiro atoms. The Morgan fingerprint density at radius 2 is 2.21 bits per heavy atom. The van der Waals surface area contributed by atoms with Gasteiger partial charge in [-0.2, -0.15) is 0 Å². The van der Waals surface area contributed by atoms with Crippen LogP contribution in [0.1, 0.15) is 31.6 Å². The molecular weight excluding hydrogens is 348 g/mol. The van der Waals surface area contributed by atoms with Crippen LogP contribution in [0.2, 0.25) is 5.02 Å². The van der Waals surface area contributed by atoms with Gasteiger partial charge in [0.15, 0.2) is 5.16 Å². The number of aromatic nitrogens is 3. The largest absolute Gasteiger partial charge is 0.495 e. The quantitative estimate of drug-likeness (QED) is 0.789. The number of hydrogen-bond acceptors (Lipinski definition) is 5. The Morgan fingerprint density at radius 3 is 2.88 bits per heavy atom. The Balaban J connectivity index is 1.70. The minimum Gasteiger partial charge on any atom is -0.495 e. The van der Waals surface area contributed by atoms with Crippen LogP contribution in [0.25, 0.3) is 0 Å². The van der Waals surface area contributed by atoms with E-state index in [2.05, 4.69) is 20.1 Å². The molecule has 6 nitrogen and oxygen atoms in total. The predicted octanol–water partition coefficient (Wildman–Crippen LogP) is 3.70. The summed E-state index contributed by atoms with van der Waals surface area (Å²) in [6.45, 7) is 3.79. The summed E-state index contributed by atoms with van der Waals surface area (Å²) in [7, 11) is 1.55. The molecule has 1 fully saturated rings. The van der Waals surface area contributed by atoms with Crippen molar-refractivity contribution < 1.29 is 9.53 Å². The molecule has 128 valence electrons. The van der Waals surface area contributed by atoms with Gasteiger partial charge in [0, 0.05) is 11.1 Å². The fourth-order valence-corrected chi connectivity index (χ4v) is 3.54. The number of methoxy groups -OCH3 is 1. The van der Waals surface area contributed by atoms with Gasteiger partial charge in [-0.25, -0.2) is 0 Å². The second kappa shape index (κ2) is 7.03. The third-order valence-electron chi connectivity index (χ3n) is 3.82. The van der Waals surface area contributed by atoms with Gasteiger partial charge in [-0.1, -0.05) is 23.4 Å². The molecule has 3 rings (SSSR count). The number of rotatable bonds is 6. The number of carbonyl (C=O) groups excluding carboxylic acids is 1. The van der Waals surface area contributed by atoms with Crippen molar-refractivity contribution in [3.63, 3.8) is 0 Å². The smallest absolute Gasteiger partial charge is 0.237 e. The highest BCUT2D eigenvalue weighted by Gasteiger charge is 2.30. The first-order valence-electron chi connectivity index (χ1n) is 7.72. The number of nitrogens with zero attached hydrogens (tertiary/aromatic N) is 3. The predicted molar refractivity (Wildman–Crippen MR) is 95.0 cm³/mol. The molecule has 2 aromatic rings. The summed E-state index contributed by atoms with van der Waals surface area (Å²) in [4.78, 5) is 12.5. The molecule has 1 amide bonds. The van der Waals surface area contributed by atoms with Crippen LogP contribution in [0.5, 0.6) is 5.75 Å². The van der Waals surface area contributed by atoms with Gasteiger partial charge in [0.1, 0.15) is 11.6 Å². The average Bonchev–Trinajstić information content (AvgIpc) is 3.32. The minimum atomic E-state index is -0.324. The van der Waals surface area contributed by atoms with Gasteiger partial charge in [0.05, 0.1) is 18.0 Å². The number of amides is 1. The number of anilines is 1. The monoisotopic (exact) mass is 366 g/mol. The summed E-state index contributed by atoms with van der Waals surface area (Å²) in [5.74, 6) is 1.33. The molecule has 1 aliphatic rings. The van der Waals surface area contributed by atoms with Crippen molar-refractivity contribution >= 4 is 35.0 Å². The first-order valence-corrected chi connectivity index (χ1v) is 8.98. The normalized spacial score (nSPS) is 15.2. The maximum Gasteiger partial charge on any atom is 0.237 e. The highest BCUT2D eigenvalue weighted by molar-refractivity contribution is 8.00. The Morgan fingerprint density at radius 1 is 1.46 bits per heavy atom. The number of nitrogens with one attached hydrogen (secondary N) is 1. The molecule has 24 heavy (non-hydrogen) atoms. The molecule has 1 atom stereocenters. The number of aryl methyl sites for hydroxylation is 1. The lowest BCUT2D eigenvalue weighted by Gasteiger charge is -2.14. The van der Waals surface area contributed by atoms with E-state index >= 15 is 0 Å². The van der Waals surface area contributed by atoms with E-state index in [1.54, 1.807) is 25.3 Å². The summed E-state index contributed by atoms with van der Waals surface area (Å²) >= 11 is 7.41. The molecular formula is C16H19ClN4O2S. The van der Waals surface area contributed by atoms with Gasteiger partial charge >= 0.3 is 0 Å². The summed E-state index contributed by atoms with van der Waals surface area (Å²) in [6.07, 6.45) is 2.29. The van der Waals surface area contributed by atoms with Gasteiger partial charge in [0.2, 0.25) is 5.91 Å². The maximum atomic E-state index is 12.5. The van der Waals surface area contributed by atoms with Crippen molar-refractivity contribution in [3.05, 3.63) is 29.0 Å². The van der Waals surface area contributed by atoms with Crippen LogP contribution in [-0.2, 0) is 4.79 Å². The van der Waals surface area contributed by atoms with Crippen LogP contribution in [0.15, 0.2) is 23.4 Å². The van der Waals surface area contributed by atoms with E-state index in [1.807, 2.05) is 13.8 Å². The van der Waals surface area contributed by atoms with Crippen molar-refractivity contribution in [1.82, 2.24) is 14.8 Å². The van der Waals surface area contributed by atoms with E-state index in [0.29, 0.717) is 22.5 Å². The fourth-order valence-electron chi connectivity index (χ4n) is 2.41. The van der Waals surface area contributed by atoms with Crippen molar-refractivity contribution in [1.29, 1.82) is 0 Å². The SMILES string of the molecule is COc1ccc(Cl)cc1NC(=O)[C@H](C)Sc1nnc(C)n1C1CC1. The first-order chi connectivity index (χ1) is 11.5. The van der Waals surface area contributed by atoms with Crippen LogP contribution >= 0.6 is 23.4 Å². The summed E-state index contributed by atoms with van der Waals surface area (Å²) in [6, 6.07) is 5.59. The molecule has 1 heterocycles. The van der Waals surface area contributed by atoms with E-state index < -0.39 is 0 Å². The molecule has 1 aromatic carbocycles. The van der Waals surface area contributed by atoms with E-state index in [9.17, 15) is 4.79 Å². The van der Waals surface area contributed by atoms with Crippen LogP contribution in [0.3, 0.4) is 0 Å². The van der Waals surface area contributed by atoms with E-state index in [0.717, 1.165) is 23.8 Å². The summed E-state index contributed by atoms with van der Waals surface area (Å²) in [5, 5.41) is 12.2. The molecule has 0 aliphatic heterocycles. The number of benzene rings is 1. The van der Waals surface area contributed by atoms with Crippen molar-refractivity contribution in [2.24, 2.45) is 0 Å². The summed E-state index contributed by atoms with van der Waals surface area (Å²) in [5.41, 5.74) is 0.558. The lowest BCUT2D eigenvalue weighted by atomic mass is 10.3. The summed E-state index contributed by atoms with van der Waals surface area (Å²) < 4.78 is 7.37. The second-order valence-corrected chi connectivity index (χ2v) is 7.47. The third-order valence-corrected chi connectivity index (χ3v) is 5.11. The Kier molecular flexibility index (Phi) is 5.01. The zero-order chi connectivity index (χ0) is 17.3. The van der Waals surface area contributed by atoms with Gasteiger partial charge in [-0.3, -0.25) is 4.79 Å². The van der Waals surface area contributed by atoms with Crippen LogP contribution in [0, 0.1) is 6.92 Å². The number of halogens is 1. The molecule has 1 saturated carbocycles. The van der Waals surface area contributed by atoms with E-state index in [-0.39, 0.29) is 11.2 Å². The highest BCUT2D eigenvalue weighted by Crippen LogP contribution is 2.39. The number of carbonyl (C=O) groups is 1. The van der Waals surface area contributed by atoms with Crippen molar-refractivity contribution in [2.75, 3.05) is 12.4 Å². The molecule has 0 unspecified atom stereocenters. The maximum absolute atomic E-state index is 12.5. The van der Waals surface area contributed by atoms with Crippen LogP contribution in [0.4, 0.5) is 5.69 Å². The number of thioether (sulfide) groups is 1. The molecule has 0 bridgehead atoms. The van der Waals surface area contributed by atoms with Gasteiger partial charge < -0.3 is 14.6 Å². The minimum absolute atomic E-state index is 0.136. The Labute approximate surface area is 149 Å². The van der Waals surface area contributed by atoms with Crippen molar-refractivity contribution in [2.45, 2.75) is 43.1 Å². The zero-order valence-corrected chi connectivity index (χ0v) is 15.3. The van der Waals surface area contributed by atoms with Gasteiger partial charge in [-0.05, 0) is 44.9 Å².